The molecule has 1 aliphatic heterocycles. The van der Waals surface area contributed by atoms with Gasteiger partial charge in [-0.15, -0.1) is 0 Å². The summed E-state index contributed by atoms with van der Waals surface area (Å²) in [5.41, 5.74) is 9.83. The van der Waals surface area contributed by atoms with E-state index < -0.39 is 0 Å². The minimum Gasteiger partial charge on any atom is -0.398 e. The predicted octanol–water partition coefficient (Wildman–Crippen LogP) is 2.30. The zero-order chi connectivity index (χ0) is 19.7. The van der Waals surface area contributed by atoms with E-state index in [0.29, 0.717) is 6.54 Å². The Morgan fingerprint density at radius 1 is 1.11 bits per heavy atom. The Morgan fingerprint density at radius 3 is 2.68 bits per heavy atom. The van der Waals surface area contributed by atoms with Crippen LogP contribution in [0.3, 0.4) is 0 Å². The Bertz CT molecular complexity index is 980. The number of anilines is 3. The lowest BCUT2D eigenvalue weighted by atomic mass is 10.1. The largest absolute Gasteiger partial charge is 0.398 e. The van der Waals surface area contributed by atoms with E-state index in [1.54, 1.807) is 6.20 Å². The molecule has 7 heteroatoms. The molecule has 0 radical (unpaired) electrons. The topological polar surface area (TPSA) is 74.4 Å². The number of likely N-dealkylation sites (N-methyl/N-ethyl adjacent to an activating group) is 1. The molecule has 4 rings (SSSR count). The van der Waals surface area contributed by atoms with E-state index in [4.69, 9.17) is 5.73 Å². The van der Waals surface area contributed by atoms with Gasteiger partial charge in [0.1, 0.15) is 11.6 Å². The van der Waals surface area contributed by atoms with Gasteiger partial charge in [-0.05, 0) is 38.2 Å². The fourth-order valence-corrected chi connectivity index (χ4v) is 3.71. The second kappa shape index (κ2) is 7.59. The van der Waals surface area contributed by atoms with E-state index in [1.165, 1.54) is 0 Å². The first-order valence-electron chi connectivity index (χ1n) is 9.63. The average Bonchev–Trinajstić information content (AvgIpc) is 2.68. The molecule has 28 heavy (non-hydrogen) atoms. The number of benzene rings is 1. The molecule has 3 heterocycles. The van der Waals surface area contributed by atoms with E-state index >= 15 is 0 Å². The van der Waals surface area contributed by atoms with Gasteiger partial charge in [-0.2, -0.15) is 0 Å². The lowest BCUT2D eigenvalue weighted by Crippen LogP contribution is -2.45. The van der Waals surface area contributed by atoms with Crippen LogP contribution in [0.1, 0.15) is 11.5 Å². The normalized spacial score (nSPS) is 15.2. The van der Waals surface area contributed by atoms with Crippen molar-refractivity contribution in [2.75, 3.05) is 55.8 Å². The average molecular weight is 377 g/mol. The van der Waals surface area contributed by atoms with Crippen LogP contribution in [0.15, 0.2) is 36.5 Å². The zero-order valence-corrected chi connectivity index (χ0v) is 16.8. The van der Waals surface area contributed by atoms with Crippen LogP contribution < -0.4 is 15.5 Å². The fourth-order valence-electron chi connectivity index (χ4n) is 3.71. The highest BCUT2D eigenvalue weighted by molar-refractivity contribution is 5.98. The maximum Gasteiger partial charge on any atom is 0.132 e. The van der Waals surface area contributed by atoms with Crippen molar-refractivity contribution in [1.82, 2.24) is 19.9 Å². The maximum atomic E-state index is 6.12. The van der Waals surface area contributed by atoms with E-state index in [2.05, 4.69) is 49.8 Å². The molecule has 0 aliphatic carbocycles. The summed E-state index contributed by atoms with van der Waals surface area (Å²) in [6.45, 7) is 6.75. The molecule has 0 saturated carbocycles. The van der Waals surface area contributed by atoms with Gasteiger partial charge < -0.3 is 20.4 Å². The highest BCUT2D eigenvalue weighted by Gasteiger charge is 2.17. The smallest absolute Gasteiger partial charge is 0.132 e. The summed E-state index contributed by atoms with van der Waals surface area (Å²) in [5.74, 6) is 1.82. The standard InChI is InChI=1S/C21H27N7/c1-15-24-16(13-20(25-15)28-11-9-26(2)10-12-28)14-27(3)19-7-6-18(22)17-5-4-8-23-21(17)19/h4-8,13H,9-12,14,22H2,1-3H3. The van der Waals surface area contributed by atoms with Crippen molar-refractivity contribution in [2.24, 2.45) is 0 Å². The molecule has 2 aromatic heterocycles. The molecule has 2 N–H and O–H groups in total. The van der Waals surface area contributed by atoms with Crippen LogP contribution in [0, 0.1) is 6.92 Å². The predicted molar refractivity (Wildman–Crippen MR) is 115 cm³/mol. The number of pyridine rings is 1. The van der Waals surface area contributed by atoms with Crippen molar-refractivity contribution in [3.05, 3.63) is 48.0 Å². The number of fused-ring (bicyclic) bond motifs is 1. The summed E-state index contributed by atoms with van der Waals surface area (Å²) in [4.78, 5) is 20.8. The molecule has 146 valence electrons. The van der Waals surface area contributed by atoms with Gasteiger partial charge in [-0.25, -0.2) is 9.97 Å². The molecule has 1 aliphatic rings. The molecule has 1 saturated heterocycles. The minimum atomic E-state index is 0.680. The molecule has 3 aromatic rings. The fraction of sp³-hybridized carbons (Fsp3) is 0.381. The number of aromatic nitrogens is 3. The highest BCUT2D eigenvalue weighted by Crippen LogP contribution is 2.29. The van der Waals surface area contributed by atoms with Crippen LogP contribution in [-0.4, -0.2) is 60.1 Å². The monoisotopic (exact) mass is 377 g/mol. The van der Waals surface area contributed by atoms with Gasteiger partial charge in [0.05, 0.1) is 23.4 Å². The van der Waals surface area contributed by atoms with Gasteiger partial charge in [0.2, 0.25) is 0 Å². The molecule has 1 aromatic carbocycles. The van der Waals surface area contributed by atoms with Crippen LogP contribution in [0.4, 0.5) is 17.2 Å². The third kappa shape index (κ3) is 3.71. The first-order chi connectivity index (χ1) is 13.5. The first kappa shape index (κ1) is 18.4. The van der Waals surface area contributed by atoms with Crippen molar-refractivity contribution in [1.29, 1.82) is 0 Å². The summed E-state index contributed by atoms with van der Waals surface area (Å²) in [5, 5.41) is 0.976. The van der Waals surface area contributed by atoms with Crippen LogP contribution in [-0.2, 0) is 6.54 Å². The maximum absolute atomic E-state index is 6.12. The summed E-state index contributed by atoms with van der Waals surface area (Å²) in [6, 6.07) is 10.0. The van der Waals surface area contributed by atoms with Crippen LogP contribution >= 0.6 is 0 Å². The number of nitrogens with two attached hydrogens (primary N) is 1. The lowest BCUT2D eigenvalue weighted by Gasteiger charge is -2.33. The molecule has 0 bridgehead atoms. The van der Waals surface area contributed by atoms with E-state index in [1.807, 2.05) is 31.2 Å². The number of piperazine rings is 1. The molecule has 7 nitrogen and oxygen atoms in total. The number of nitrogens with zero attached hydrogens (tertiary/aromatic N) is 6. The zero-order valence-electron chi connectivity index (χ0n) is 16.8. The summed E-state index contributed by atoms with van der Waals surface area (Å²) in [6.07, 6.45) is 1.80. The molecule has 0 unspecified atom stereocenters. The number of hydrogen-bond donors (Lipinski definition) is 1. The number of aryl methyl sites for hydroxylation is 1. The first-order valence-corrected chi connectivity index (χ1v) is 9.63. The Kier molecular flexibility index (Phi) is 5.00. The van der Waals surface area contributed by atoms with E-state index in [0.717, 1.165) is 65.8 Å². The lowest BCUT2D eigenvalue weighted by molar-refractivity contribution is 0.312. The summed E-state index contributed by atoms with van der Waals surface area (Å²) < 4.78 is 0. The summed E-state index contributed by atoms with van der Waals surface area (Å²) >= 11 is 0. The van der Waals surface area contributed by atoms with E-state index in [-0.39, 0.29) is 0 Å². The van der Waals surface area contributed by atoms with Gasteiger partial charge in [0.25, 0.3) is 0 Å². The number of rotatable bonds is 4. The van der Waals surface area contributed by atoms with Gasteiger partial charge in [-0.3, -0.25) is 4.98 Å². The van der Waals surface area contributed by atoms with Crippen LogP contribution in [0.25, 0.3) is 10.9 Å². The number of hydrogen-bond acceptors (Lipinski definition) is 7. The van der Waals surface area contributed by atoms with Crippen molar-refractivity contribution < 1.29 is 0 Å². The molecule has 0 amide bonds. The van der Waals surface area contributed by atoms with Crippen LogP contribution in [0.2, 0.25) is 0 Å². The molecule has 0 spiro atoms. The third-order valence-corrected chi connectivity index (χ3v) is 5.30. The van der Waals surface area contributed by atoms with Crippen molar-refractivity contribution in [3.8, 4) is 0 Å². The van der Waals surface area contributed by atoms with E-state index in [9.17, 15) is 0 Å². The SMILES string of the molecule is Cc1nc(CN(C)c2ccc(N)c3cccnc23)cc(N2CCN(C)CC2)n1. The second-order valence-corrected chi connectivity index (χ2v) is 7.48. The van der Waals surface area contributed by atoms with Gasteiger partial charge in [-0.1, -0.05) is 0 Å². The Hall–Kier alpha value is -2.93. The molecular weight excluding hydrogens is 350 g/mol. The van der Waals surface area contributed by atoms with Crippen LogP contribution in [0.5, 0.6) is 0 Å². The van der Waals surface area contributed by atoms with Crippen molar-refractivity contribution in [3.63, 3.8) is 0 Å². The van der Waals surface area contributed by atoms with Crippen molar-refractivity contribution >= 4 is 28.1 Å². The third-order valence-electron chi connectivity index (χ3n) is 5.30. The Morgan fingerprint density at radius 2 is 1.89 bits per heavy atom. The van der Waals surface area contributed by atoms with Gasteiger partial charge >= 0.3 is 0 Å². The number of nitrogen functional groups attached to an aromatic ring is 1. The minimum absolute atomic E-state index is 0.680. The molecular formula is C21H27N7. The van der Waals surface area contributed by atoms with Gasteiger partial charge in [0.15, 0.2) is 0 Å². The van der Waals surface area contributed by atoms with Gasteiger partial charge in [0, 0.05) is 56.6 Å². The highest BCUT2D eigenvalue weighted by atomic mass is 15.3. The second-order valence-electron chi connectivity index (χ2n) is 7.48. The Balaban J connectivity index is 1.60. The molecule has 1 fully saturated rings. The quantitative estimate of drug-likeness (QED) is 0.699. The van der Waals surface area contributed by atoms with Crippen molar-refractivity contribution in [2.45, 2.75) is 13.5 Å². The Labute approximate surface area is 165 Å². The molecule has 0 atom stereocenters. The summed E-state index contributed by atoms with van der Waals surface area (Å²) in [7, 11) is 4.22.